The lowest BCUT2D eigenvalue weighted by molar-refractivity contribution is -0.113. The van der Waals surface area contributed by atoms with Crippen LogP contribution in [0, 0.1) is 17.5 Å². The minimum absolute atomic E-state index is 0.171. The van der Waals surface area contributed by atoms with Crippen molar-refractivity contribution in [2.75, 3.05) is 18.2 Å². The molecule has 10 heteroatoms. The highest BCUT2D eigenvalue weighted by molar-refractivity contribution is 7.99. The molecule has 0 spiro atoms. The van der Waals surface area contributed by atoms with Crippen LogP contribution >= 0.6 is 11.8 Å². The number of carbonyl (C=O) groups excluding carboxylic acids is 1. The number of aromatic amines is 1. The highest BCUT2D eigenvalue weighted by atomic mass is 32.2. The van der Waals surface area contributed by atoms with Gasteiger partial charge in [-0.3, -0.25) is 9.59 Å². The topological polar surface area (TPSA) is 84.1 Å². The number of H-pyrrole nitrogens is 1. The standard InChI is InChI=1S/C19H14F3N3O3S/c1-28-11-4-2-10(3-5-11)14-8-15(26)25-19(24-14)29-9-16(27)23-13-7-6-12(20)17(21)18(13)22/h2-8H,9H2,1H3,(H,23,27)(H,24,25,26). The van der Waals surface area contributed by atoms with Crippen LogP contribution in [0.1, 0.15) is 0 Å². The van der Waals surface area contributed by atoms with E-state index in [9.17, 15) is 22.8 Å². The number of rotatable bonds is 6. The maximum Gasteiger partial charge on any atom is 0.252 e. The van der Waals surface area contributed by atoms with Crippen molar-refractivity contribution in [3.8, 4) is 17.0 Å². The number of aromatic nitrogens is 2. The van der Waals surface area contributed by atoms with Gasteiger partial charge in [-0.25, -0.2) is 18.2 Å². The molecule has 6 nitrogen and oxygen atoms in total. The predicted octanol–water partition coefficient (Wildman–Crippen LogP) is 3.59. The third kappa shape index (κ3) is 4.96. The van der Waals surface area contributed by atoms with E-state index in [1.165, 1.54) is 13.2 Å². The second-order valence-corrected chi connectivity index (χ2v) is 6.69. The van der Waals surface area contributed by atoms with Crippen LogP contribution in [0.3, 0.4) is 0 Å². The van der Waals surface area contributed by atoms with Crippen LogP contribution in [-0.4, -0.2) is 28.7 Å². The predicted molar refractivity (Wildman–Crippen MR) is 103 cm³/mol. The molecule has 1 amide bonds. The van der Waals surface area contributed by atoms with E-state index in [1.54, 1.807) is 24.3 Å². The van der Waals surface area contributed by atoms with Gasteiger partial charge >= 0.3 is 0 Å². The molecule has 0 fully saturated rings. The summed E-state index contributed by atoms with van der Waals surface area (Å²) in [5.41, 5.74) is 0.168. The van der Waals surface area contributed by atoms with Gasteiger partial charge in [-0.05, 0) is 36.4 Å². The van der Waals surface area contributed by atoms with E-state index in [2.05, 4.69) is 15.3 Å². The summed E-state index contributed by atoms with van der Waals surface area (Å²) in [6.45, 7) is 0. The van der Waals surface area contributed by atoms with Crippen molar-refractivity contribution in [2.45, 2.75) is 5.16 Å². The van der Waals surface area contributed by atoms with Crippen molar-refractivity contribution in [2.24, 2.45) is 0 Å². The highest BCUT2D eigenvalue weighted by Crippen LogP contribution is 2.23. The number of ether oxygens (including phenoxy) is 1. The Labute approximate surface area is 167 Å². The summed E-state index contributed by atoms with van der Waals surface area (Å²) in [6, 6.07) is 9.83. The summed E-state index contributed by atoms with van der Waals surface area (Å²) < 4.78 is 44.9. The number of thioether (sulfide) groups is 1. The Bertz CT molecular complexity index is 1100. The van der Waals surface area contributed by atoms with Gasteiger partial charge in [0.2, 0.25) is 5.91 Å². The molecule has 3 aromatic rings. The molecular formula is C19H14F3N3O3S. The number of nitrogens with zero attached hydrogens (tertiary/aromatic N) is 1. The smallest absolute Gasteiger partial charge is 0.252 e. The number of carbonyl (C=O) groups is 1. The first kappa shape index (κ1) is 20.5. The number of benzene rings is 2. The second-order valence-electron chi connectivity index (χ2n) is 5.72. The van der Waals surface area contributed by atoms with E-state index < -0.39 is 34.6 Å². The molecule has 3 rings (SSSR count). The second kappa shape index (κ2) is 8.82. The Hall–Kier alpha value is -3.27. The Kier molecular flexibility index (Phi) is 6.23. The Morgan fingerprint density at radius 3 is 2.55 bits per heavy atom. The molecule has 150 valence electrons. The first-order chi connectivity index (χ1) is 13.9. The van der Waals surface area contributed by atoms with E-state index in [0.29, 0.717) is 23.1 Å². The molecule has 0 aliphatic heterocycles. The van der Waals surface area contributed by atoms with Gasteiger partial charge in [-0.15, -0.1) is 0 Å². The van der Waals surface area contributed by atoms with Gasteiger partial charge in [-0.1, -0.05) is 11.8 Å². The first-order valence-corrected chi connectivity index (χ1v) is 9.18. The van der Waals surface area contributed by atoms with Crippen molar-refractivity contribution in [3.05, 3.63) is 70.3 Å². The van der Waals surface area contributed by atoms with Crippen LogP contribution in [0.4, 0.5) is 18.9 Å². The minimum atomic E-state index is -1.67. The Morgan fingerprint density at radius 1 is 1.14 bits per heavy atom. The van der Waals surface area contributed by atoms with Crippen molar-refractivity contribution in [1.82, 2.24) is 9.97 Å². The number of halogens is 3. The number of amides is 1. The van der Waals surface area contributed by atoms with Crippen molar-refractivity contribution in [3.63, 3.8) is 0 Å². The van der Waals surface area contributed by atoms with Crippen LogP contribution < -0.4 is 15.6 Å². The molecule has 0 saturated carbocycles. The number of hydrogen-bond acceptors (Lipinski definition) is 5. The Balaban J connectivity index is 1.70. The van der Waals surface area contributed by atoms with Crippen molar-refractivity contribution in [1.29, 1.82) is 0 Å². The zero-order chi connectivity index (χ0) is 21.0. The largest absolute Gasteiger partial charge is 0.497 e. The third-order valence-electron chi connectivity index (χ3n) is 3.75. The fraction of sp³-hybridized carbons (Fsp3) is 0.105. The molecule has 0 atom stereocenters. The van der Waals surface area contributed by atoms with E-state index in [-0.39, 0.29) is 10.9 Å². The summed E-state index contributed by atoms with van der Waals surface area (Å²) >= 11 is 0.898. The third-order valence-corrected chi connectivity index (χ3v) is 4.63. The molecule has 0 radical (unpaired) electrons. The first-order valence-electron chi connectivity index (χ1n) is 8.19. The molecule has 2 N–H and O–H groups in total. The number of nitrogens with one attached hydrogen (secondary N) is 2. The number of anilines is 1. The van der Waals surface area contributed by atoms with Gasteiger partial charge in [0.15, 0.2) is 22.6 Å². The van der Waals surface area contributed by atoms with Gasteiger partial charge in [-0.2, -0.15) is 0 Å². The maximum atomic E-state index is 13.6. The van der Waals surface area contributed by atoms with E-state index >= 15 is 0 Å². The molecular weight excluding hydrogens is 407 g/mol. The summed E-state index contributed by atoms with van der Waals surface area (Å²) in [5.74, 6) is -4.79. The summed E-state index contributed by atoms with van der Waals surface area (Å²) in [4.78, 5) is 30.7. The maximum absolute atomic E-state index is 13.6. The van der Waals surface area contributed by atoms with Crippen LogP contribution in [0.2, 0.25) is 0 Å². The fourth-order valence-electron chi connectivity index (χ4n) is 2.36. The summed E-state index contributed by atoms with van der Waals surface area (Å²) in [5, 5.41) is 2.32. The molecule has 0 aliphatic carbocycles. The van der Waals surface area contributed by atoms with Crippen LogP contribution in [0.5, 0.6) is 5.75 Å². The van der Waals surface area contributed by atoms with Gasteiger partial charge in [0.1, 0.15) is 5.75 Å². The normalized spacial score (nSPS) is 10.6. The molecule has 2 aromatic carbocycles. The van der Waals surface area contributed by atoms with Crippen molar-refractivity contribution >= 4 is 23.4 Å². The van der Waals surface area contributed by atoms with Crippen LogP contribution in [0.25, 0.3) is 11.3 Å². The van der Waals surface area contributed by atoms with Crippen molar-refractivity contribution < 1.29 is 22.7 Å². The van der Waals surface area contributed by atoms with Gasteiger partial charge < -0.3 is 15.0 Å². The monoisotopic (exact) mass is 421 g/mol. The van der Waals surface area contributed by atoms with Gasteiger partial charge in [0.25, 0.3) is 5.56 Å². The highest BCUT2D eigenvalue weighted by Gasteiger charge is 2.15. The van der Waals surface area contributed by atoms with Crippen LogP contribution in [0.15, 0.2) is 52.4 Å². The fourth-order valence-corrected chi connectivity index (χ4v) is 3.03. The molecule has 1 heterocycles. The molecule has 0 bridgehead atoms. The SMILES string of the molecule is COc1ccc(-c2cc(=O)[nH]c(SCC(=O)Nc3ccc(F)c(F)c3F)n2)cc1. The van der Waals surface area contributed by atoms with Gasteiger partial charge in [0.05, 0.1) is 24.2 Å². The van der Waals surface area contributed by atoms with E-state index in [4.69, 9.17) is 4.74 Å². The van der Waals surface area contributed by atoms with E-state index in [1.807, 2.05) is 0 Å². The lowest BCUT2D eigenvalue weighted by Gasteiger charge is -2.08. The zero-order valence-electron chi connectivity index (χ0n) is 15.0. The molecule has 29 heavy (non-hydrogen) atoms. The Morgan fingerprint density at radius 2 is 1.86 bits per heavy atom. The summed E-state index contributed by atoms with van der Waals surface area (Å²) in [7, 11) is 1.53. The number of hydrogen-bond donors (Lipinski definition) is 2. The molecule has 1 aromatic heterocycles. The molecule has 0 unspecified atom stereocenters. The average molecular weight is 421 g/mol. The number of methoxy groups -OCH3 is 1. The molecule has 0 saturated heterocycles. The quantitative estimate of drug-likeness (QED) is 0.361. The average Bonchev–Trinajstić information content (AvgIpc) is 2.72. The van der Waals surface area contributed by atoms with E-state index in [0.717, 1.165) is 17.8 Å². The summed E-state index contributed by atoms with van der Waals surface area (Å²) in [6.07, 6.45) is 0. The lowest BCUT2D eigenvalue weighted by atomic mass is 10.1. The minimum Gasteiger partial charge on any atom is -0.497 e. The lowest BCUT2D eigenvalue weighted by Crippen LogP contribution is -2.17. The molecule has 0 aliphatic rings. The van der Waals surface area contributed by atoms with Gasteiger partial charge in [0, 0.05) is 11.6 Å². The van der Waals surface area contributed by atoms with Crippen LogP contribution in [-0.2, 0) is 4.79 Å². The zero-order valence-corrected chi connectivity index (χ0v) is 15.8.